The first-order chi connectivity index (χ1) is 61.6. The SMILES string of the molecule is Fc1ccc(-c2ccc(-c3ccc(-c4nc(-c5ccc6ccccc6c5)nc(-c5ccc6ccccc6c5)n4)cc3)cc2)cc1.Fc1ccc(-c2ccc(-c3nc(-c4ccc(-c5ccccc5)cc4)nc(-c4ccc(-c5ccccc5)cc4)n3)cc2)cc1.Fc1ccc(-c2nc(-c3ccc(-c4ccccc4)cc3)nc(-c3ccc(-c4ccccc4)cc3)n2)cc1. The number of hydrogen-bond acceptors (Lipinski definition) is 9. The molecule has 0 unspecified atom stereocenters. The molecule has 21 rings (SSSR count). The van der Waals surface area contributed by atoms with E-state index in [0.29, 0.717) is 52.4 Å². The molecule has 3 heterocycles. The molecule has 0 N–H and O–H groups in total. The molecule has 0 amide bonds. The van der Waals surface area contributed by atoms with Crippen LogP contribution in [-0.2, 0) is 0 Å². The van der Waals surface area contributed by atoms with Crippen molar-refractivity contribution < 1.29 is 13.2 Å². The minimum absolute atomic E-state index is 0.234. The van der Waals surface area contributed by atoms with E-state index < -0.39 is 0 Å². The minimum atomic E-state index is -0.300. The highest BCUT2D eigenvalue weighted by Gasteiger charge is 2.19. The van der Waals surface area contributed by atoms with Gasteiger partial charge in [-0.2, -0.15) is 0 Å². The zero-order chi connectivity index (χ0) is 84.2. The Bertz CT molecular complexity index is 7010. The highest BCUT2D eigenvalue weighted by molar-refractivity contribution is 5.89. The second-order valence-electron chi connectivity index (χ2n) is 30.1. The molecule has 21 aromatic rings. The van der Waals surface area contributed by atoms with Gasteiger partial charge >= 0.3 is 0 Å². The summed E-state index contributed by atoms with van der Waals surface area (Å²) in [5.41, 5.74) is 23.2. The van der Waals surface area contributed by atoms with E-state index in [1.807, 2.05) is 146 Å². The van der Waals surface area contributed by atoms with Crippen molar-refractivity contribution in [1.82, 2.24) is 44.9 Å². The molecule has 0 bridgehead atoms. The molecule has 0 aliphatic rings. The van der Waals surface area contributed by atoms with Gasteiger partial charge in [0, 0.05) is 50.1 Å². The highest BCUT2D eigenvalue weighted by atomic mass is 19.1. The smallest absolute Gasteiger partial charge is 0.164 e. The predicted octanol–water partition coefficient (Wildman–Crippen LogP) is 29.0. The van der Waals surface area contributed by atoms with E-state index in [4.69, 9.17) is 44.9 Å². The molecule has 0 radical (unpaired) electrons. The van der Waals surface area contributed by atoms with E-state index >= 15 is 0 Å². The van der Waals surface area contributed by atoms with Gasteiger partial charge in [0.05, 0.1) is 0 Å². The van der Waals surface area contributed by atoms with Crippen LogP contribution in [0.25, 0.3) is 202 Å². The maximum atomic E-state index is 13.6. The van der Waals surface area contributed by atoms with Crippen LogP contribution in [0.1, 0.15) is 0 Å². The zero-order valence-corrected chi connectivity index (χ0v) is 67.4. The molecule has 0 atom stereocenters. The number of benzene rings is 18. The molecule has 0 spiro atoms. The fourth-order valence-corrected chi connectivity index (χ4v) is 15.1. The summed E-state index contributed by atoms with van der Waals surface area (Å²) in [7, 11) is 0. The van der Waals surface area contributed by atoms with Crippen molar-refractivity contribution in [2.24, 2.45) is 0 Å². The van der Waals surface area contributed by atoms with Gasteiger partial charge in [-0.1, -0.05) is 388 Å². The molecular formula is C113H74F3N9. The standard InChI is InChI=1S/C41H26FN3.C39H26FN3.C33H22FN3/c42-38-23-21-32(22-24-38)30-11-9-29(10-12-30)31-13-17-33(18-14-31)39-43-40(36-19-15-27-5-1-3-7-34(27)25-36)45-41(44-39)37-20-16-28-6-2-4-8-35(28)26-37;40-36-25-23-32(24-26-36)31-15-21-35(22-16-31)39-42-37(33-17-11-29(12-18-33)27-7-3-1-4-8-27)41-38(43-39)34-19-13-30(14-20-34)28-9-5-2-6-10-28;34-30-21-19-29(20-22-30)33-36-31(27-15-11-25(12-16-27)23-7-3-1-4-8-23)35-32(37-33)28-17-13-26(14-18-28)24-9-5-2-6-10-24/h1-26H;1-26H;1-22H. The first kappa shape index (κ1) is 78.2. The Labute approximate surface area is 721 Å². The molecule has 0 saturated heterocycles. The Balaban J connectivity index is 0.000000123. The molecule has 125 heavy (non-hydrogen) atoms. The van der Waals surface area contributed by atoms with Crippen LogP contribution in [0.3, 0.4) is 0 Å². The fraction of sp³-hybridized carbons (Fsp3) is 0. The van der Waals surface area contributed by atoms with E-state index in [1.165, 1.54) is 47.2 Å². The van der Waals surface area contributed by atoms with Crippen LogP contribution in [0.2, 0.25) is 0 Å². The Hall–Kier alpha value is -16.7. The number of nitrogens with zero attached hydrogens (tertiary/aromatic N) is 9. The summed E-state index contributed by atoms with van der Waals surface area (Å²) in [6.45, 7) is 0. The summed E-state index contributed by atoms with van der Waals surface area (Å²) >= 11 is 0. The molecule has 12 heteroatoms. The third kappa shape index (κ3) is 18.3. The van der Waals surface area contributed by atoms with Gasteiger partial charge in [0.25, 0.3) is 0 Å². The van der Waals surface area contributed by atoms with E-state index in [1.54, 1.807) is 36.4 Å². The normalized spacial score (nSPS) is 11.0. The molecular weight excluding hydrogens is 1540 g/mol. The van der Waals surface area contributed by atoms with Crippen molar-refractivity contribution >= 4 is 21.5 Å². The van der Waals surface area contributed by atoms with Crippen LogP contribution in [0.4, 0.5) is 13.2 Å². The van der Waals surface area contributed by atoms with Gasteiger partial charge in [0.2, 0.25) is 0 Å². The Morgan fingerprint density at radius 3 is 0.424 bits per heavy atom. The van der Waals surface area contributed by atoms with Crippen LogP contribution in [0, 0.1) is 17.5 Å². The van der Waals surface area contributed by atoms with Gasteiger partial charge in [-0.3, -0.25) is 0 Å². The van der Waals surface area contributed by atoms with Gasteiger partial charge in [-0.05, 0) is 160 Å². The van der Waals surface area contributed by atoms with E-state index in [2.05, 4.69) is 231 Å². The number of aromatic nitrogens is 9. The lowest BCUT2D eigenvalue weighted by Gasteiger charge is -2.10. The highest BCUT2D eigenvalue weighted by Crippen LogP contribution is 2.36. The first-order valence-electron chi connectivity index (χ1n) is 41.1. The van der Waals surface area contributed by atoms with E-state index in [0.717, 1.165) is 139 Å². The lowest BCUT2D eigenvalue weighted by molar-refractivity contribution is 0.627. The molecule has 592 valence electrons. The topological polar surface area (TPSA) is 116 Å². The van der Waals surface area contributed by atoms with Crippen LogP contribution in [0.5, 0.6) is 0 Å². The van der Waals surface area contributed by atoms with Crippen LogP contribution >= 0.6 is 0 Å². The summed E-state index contributed by atoms with van der Waals surface area (Å²) < 4.78 is 40.4. The summed E-state index contributed by atoms with van der Waals surface area (Å²) in [5, 5.41) is 4.62. The van der Waals surface area contributed by atoms with Gasteiger partial charge < -0.3 is 0 Å². The van der Waals surface area contributed by atoms with Crippen molar-refractivity contribution in [2.45, 2.75) is 0 Å². The summed E-state index contributed by atoms with van der Waals surface area (Å²) in [6.07, 6.45) is 0. The second kappa shape index (κ2) is 36.1. The third-order valence-electron chi connectivity index (χ3n) is 21.9. The monoisotopic (exact) mass is 1610 g/mol. The number of halogens is 3. The predicted molar refractivity (Wildman–Crippen MR) is 501 cm³/mol. The lowest BCUT2D eigenvalue weighted by atomic mass is 9.99. The van der Waals surface area contributed by atoms with E-state index in [-0.39, 0.29) is 17.5 Å². The van der Waals surface area contributed by atoms with Crippen molar-refractivity contribution in [1.29, 1.82) is 0 Å². The van der Waals surface area contributed by atoms with Gasteiger partial charge in [0.15, 0.2) is 52.4 Å². The summed E-state index contributed by atoms with van der Waals surface area (Å²) in [5.74, 6) is 4.53. The fourth-order valence-electron chi connectivity index (χ4n) is 15.1. The number of fused-ring (bicyclic) bond motifs is 2. The van der Waals surface area contributed by atoms with Crippen molar-refractivity contribution in [3.05, 3.63) is 466 Å². The average Bonchev–Trinajstić information content (AvgIpc) is 0.795. The van der Waals surface area contributed by atoms with Crippen LogP contribution < -0.4 is 0 Å². The molecule has 0 saturated carbocycles. The molecule has 0 aliphatic carbocycles. The molecule has 0 aliphatic heterocycles. The average molecular weight is 1610 g/mol. The number of hydrogen-bond donors (Lipinski definition) is 0. The summed E-state index contributed by atoms with van der Waals surface area (Å²) in [4.78, 5) is 44.0. The van der Waals surface area contributed by atoms with Crippen molar-refractivity contribution in [2.75, 3.05) is 0 Å². The maximum absolute atomic E-state index is 13.6. The number of rotatable bonds is 16. The van der Waals surface area contributed by atoms with Crippen molar-refractivity contribution in [3.63, 3.8) is 0 Å². The third-order valence-corrected chi connectivity index (χ3v) is 21.9. The minimum Gasteiger partial charge on any atom is -0.208 e. The second-order valence-corrected chi connectivity index (χ2v) is 30.1. The van der Waals surface area contributed by atoms with Crippen LogP contribution in [0.15, 0.2) is 449 Å². The quantitative estimate of drug-likeness (QED) is 0.0932. The molecule has 0 fully saturated rings. The maximum Gasteiger partial charge on any atom is 0.164 e. The van der Waals surface area contributed by atoms with E-state index in [9.17, 15) is 13.2 Å². The largest absolute Gasteiger partial charge is 0.208 e. The van der Waals surface area contributed by atoms with Gasteiger partial charge in [-0.25, -0.2) is 58.0 Å². The molecule has 9 nitrogen and oxygen atoms in total. The molecule has 3 aromatic heterocycles. The Kier molecular flexibility index (Phi) is 22.6. The Morgan fingerprint density at radius 1 is 0.104 bits per heavy atom. The van der Waals surface area contributed by atoms with Gasteiger partial charge in [0.1, 0.15) is 17.5 Å². The lowest BCUT2D eigenvalue weighted by Crippen LogP contribution is -2.00. The first-order valence-corrected chi connectivity index (χ1v) is 41.1. The van der Waals surface area contributed by atoms with Gasteiger partial charge in [-0.15, -0.1) is 0 Å². The summed E-state index contributed by atoms with van der Waals surface area (Å²) in [6, 6.07) is 147. The molecule has 18 aromatic carbocycles. The van der Waals surface area contributed by atoms with Crippen LogP contribution in [-0.4, -0.2) is 44.9 Å². The Morgan fingerprint density at radius 2 is 0.232 bits per heavy atom. The van der Waals surface area contributed by atoms with Crippen molar-refractivity contribution in [3.8, 4) is 180 Å². The zero-order valence-electron chi connectivity index (χ0n) is 67.4.